The Hall–Kier alpha value is -0.740. The molecule has 1 atom stereocenters. The Morgan fingerprint density at radius 3 is 2.93 bits per heavy atom. The Kier molecular flexibility index (Phi) is 5.50. The fourth-order valence-electron chi connectivity index (χ4n) is 1.48. The molecule has 0 aliphatic heterocycles. The molecule has 0 spiro atoms. The van der Waals surface area contributed by atoms with E-state index in [2.05, 4.69) is 32.3 Å². The molecule has 84 valence electrons. The maximum absolute atomic E-state index is 5.77. The summed E-state index contributed by atoms with van der Waals surface area (Å²) in [5, 5.41) is 0. The van der Waals surface area contributed by atoms with Crippen LogP contribution in [0.25, 0.3) is 0 Å². The van der Waals surface area contributed by atoms with Crippen molar-refractivity contribution in [1.82, 2.24) is 0 Å². The lowest BCUT2D eigenvalue weighted by molar-refractivity contribution is 0.0979. The minimum atomic E-state index is 0.140. The van der Waals surface area contributed by atoms with Crippen molar-refractivity contribution in [2.24, 2.45) is 5.92 Å². The van der Waals surface area contributed by atoms with Crippen molar-refractivity contribution >= 4 is 0 Å². The van der Waals surface area contributed by atoms with Gasteiger partial charge < -0.3 is 4.74 Å². The first kappa shape index (κ1) is 12.3. The molecule has 1 aliphatic rings. The van der Waals surface area contributed by atoms with E-state index >= 15 is 0 Å². The van der Waals surface area contributed by atoms with Crippen LogP contribution in [0.1, 0.15) is 46.0 Å². The molecule has 0 bridgehead atoms. The molecule has 0 saturated heterocycles. The van der Waals surface area contributed by atoms with Gasteiger partial charge >= 0.3 is 0 Å². The average Bonchev–Trinajstić information content (AvgIpc) is 2.15. The van der Waals surface area contributed by atoms with Crippen LogP contribution in [-0.4, -0.2) is 12.7 Å². The smallest absolute Gasteiger partial charge is 0.118 e. The Bertz CT molecular complexity index is 254. The molecule has 0 N–H and O–H groups in total. The van der Waals surface area contributed by atoms with E-state index in [-0.39, 0.29) is 6.10 Å². The third-order valence-electron chi connectivity index (χ3n) is 2.82. The summed E-state index contributed by atoms with van der Waals surface area (Å²) in [6.45, 7) is 8.97. The molecule has 0 fully saturated rings. The third kappa shape index (κ3) is 5.04. The Labute approximate surface area is 93.9 Å². The second kappa shape index (κ2) is 6.69. The fraction of sp³-hybridized carbons (Fsp3) is 0.714. The predicted molar refractivity (Wildman–Crippen MR) is 64.6 cm³/mol. The molecule has 0 amide bonds. The van der Waals surface area contributed by atoms with Gasteiger partial charge in [-0.3, -0.25) is 0 Å². The quantitative estimate of drug-likeness (QED) is 0.505. The lowest BCUT2D eigenvalue weighted by Gasteiger charge is -2.16. The zero-order chi connectivity index (χ0) is 11.1. The normalized spacial score (nSPS) is 21.4. The van der Waals surface area contributed by atoms with Crippen LogP contribution in [0.3, 0.4) is 0 Å². The van der Waals surface area contributed by atoms with Gasteiger partial charge in [-0.25, -0.2) is 0 Å². The second-order valence-electron chi connectivity index (χ2n) is 4.53. The van der Waals surface area contributed by atoms with Gasteiger partial charge in [0.1, 0.15) is 6.10 Å². The van der Waals surface area contributed by atoms with Gasteiger partial charge in [0.2, 0.25) is 0 Å². The molecule has 0 aromatic rings. The van der Waals surface area contributed by atoms with Crippen molar-refractivity contribution < 1.29 is 4.74 Å². The van der Waals surface area contributed by atoms with Crippen molar-refractivity contribution in [3.8, 4) is 11.8 Å². The monoisotopic (exact) mass is 206 g/mol. The van der Waals surface area contributed by atoms with Crippen LogP contribution in [0.4, 0.5) is 0 Å². The van der Waals surface area contributed by atoms with Crippen molar-refractivity contribution in [3.05, 3.63) is 12.2 Å². The predicted octanol–water partition coefficient (Wildman–Crippen LogP) is 3.55. The minimum Gasteiger partial charge on any atom is -0.361 e. The summed E-state index contributed by atoms with van der Waals surface area (Å²) >= 11 is 0. The molecule has 1 heteroatoms. The van der Waals surface area contributed by atoms with Gasteiger partial charge in [0.25, 0.3) is 0 Å². The molecule has 1 rings (SSSR count). The van der Waals surface area contributed by atoms with Crippen LogP contribution >= 0.6 is 0 Å². The van der Waals surface area contributed by atoms with Gasteiger partial charge in [0, 0.05) is 6.42 Å². The third-order valence-corrected chi connectivity index (χ3v) is 2.82. The second-order valence-corrected chi connectivity index (χ2v) is 4.53. The fourth-order valence-corrected chi connectivity index (χ4v) is 1.48. The molecular formula is C14H22O. The highest BCUT2D eigenvalue weighted by molar-refractivity contribution is 5.07. The highest BCUT2D eigenvalue weighted by atomic mass is 16.5. The van der Waals surface area contributed by atoms with E-state index in [9.17, 15) is 0 Å². The van der Waals surface area contributed by atoms with E-state index in [1.807, 2.05) is 0 Å². The van der Waals surface area contributed by atoms with Crippen LogP contribution in [0.15, 0.2) is 12.2 Å². The van der Waals surface area contributed by atoms with E-state index in [1.165, 1.54) is 24.8 Å². The van der Waals surface area contributed by atoms with Crippen LogP contribution < -0.4 is 0 Å². The summed E-state index contributed by atoms with van der Waals surface area (Å²) in [7, 11) is 0. The topological polar surface area (TPSA) is 9.23 Å². The minimum absolute atomic E-state index is 0.140. The highest BCUT2D eigenvalue weighted by Gasteiger charge is 2.08. The SMILES string of the molecule is C=C(COC1C#CCCCCC1)C(C)C. The number of ether oxygens (including phenoxy) is 1. The van der Waals surface area contributed by atoms with Crippen molar-refractivity contribution in [2.45, 2.75) is 52.1 Å². The van der Waals surface area contributed by atoms with Gasteiger partial charge in [0.15, 0.2) is 0 Å². The van der Waals surface area contributed by atoms with Gasteiger partial charge in [-0.1, -0.05) is 32.8 Å². The Balaban J connectivity index is 2.32. The largest absolute Gasteiger partial charge is 0.361 e. The first-order valence-electron chi connectivity index (χ1n) is 5.98. The van der Waals surface area contributed by atoms with Gasteiger partial charge in [-0.05, 0) is 30.8 Å². The van der Waals surface area contributed by atoms with E-state index in [1.54, 1.807) is 0 Å². The standard InChI is InChI=1S/C14H22O/c1-12(2)13(3)11-15-14-9-7-5-4-6-8-10-14/h12,14H,3-7,9,11H2,1-2H3. The van der Waals surface area contributed by atoms with E-state index in [4.69, 9.17) is 4.74 Å². The molecule has 15 heavy (non-hydrogen) atoms. The van der Waals surface area contributed by atoms with Crippen molar-refractivity contribution in [1.29, 1.82) is 0 Å². The van der Waals surface area contributed by atoms with Crippen LogP contribution in [0.2, 0.25) is 0 Å². The van der Waals surface area contributed by atoms with Crippen molar-refractivity contribution in [2.75, 3.05) is 6.61 Å². The van der Waals surface area contributed by atoms with Crippen LogP contribution in [0.5, 0.6) is 0 Å². The molecule has 1 nitrogen and oxygen atoms in total. The summed E-state index contributed by atoms with van der Waals surface area (Å²) in [5.41, 5.74) is 1.17. The number of hydrogen-bond donors (Lipinski definition) is 0. The van der Waals surface area contributed by atoms with E-state index in [0.717, 1.165) is 12.8 Å². The lowest BCUT2D eigenvalue weighted by Crippen LogP contribution is -2.14. The first-order valence-corrected chi connectivity index (χ1v) is 5.98. The van der Waals surface area contributed by atoms with E-state index in [0.29, 0.717) is 12.5 Å². The molecule has 1 unspecified atom stereocenters. The highest BCUT2D eigenvalue weighted by Crippen LogP contribution is 2.13. The molecule has 0 aromatic carbocycles. The Morgan fingerprint density at radius 2 is 2.20 bits per heavy atom. The summed E-state index contributed by atoms with van der Waals surface area (Å²) in [5.74, 6) is 6.89. The molecule has 0 heterocycles. The number of rotatable bonds is 4. The van der Waals surface area contributed by atoms with Crippen LogP contribution in [0, 0.1) is 17.8 Å². The summed E-state index contributed by atoms with van der Waals surface area (Å²) in [4.78, 5) is 0. The first-order chi connectivity index (χ1) is 7.20. The Morgan fingerprint density at radius 1 is 1.40 bits per heavy atom. The summed E-state index contributed by atoms with van der Waals surface area (Å²) in [6, 6.07) is 0. The molecule has 0 radical (unpaired) electrons. The maximum atomic E-state index is 5.77. The molecule has 0 aromatic heterocycles. The van der Waals surface area contributed by atoms with Crippen LogP contribution in [-0.2, 0) is 4.74 Å². The average molecular weight is 206 g/mol. The molecule has 1 aliphatic carbocycles. The van der Waals surface area contributed by atoms with Gasteiger partial charge in [0.05, 0.1) is 6.61 Å². The zero-order valence-corrected chi connectivity index (χ0v) is 10.0. The lowest BCUT2D eigenvalue weighted by atomic mass is 10.0. The maximum Gasteiger partial charge on any atom is 0.118 e. The summed E-state index contributed by atoms with van der Waals surface area (Å²) in [6.07, 6.45) is 6.04. The zero-order valence-electron chi connectivity index (χ0n) is 10.0. The number of hydrogen-bond acceptors (Lipinski definition) is 1. The van der Waals surface area contributed by atoms with Gasteiger partial charge in [-0.15, -0.1) is 5.92 Å². The van der Waals surface area contributed by atoms with Gasteiger partial charge in [-0.2, -0.15) is 0 Å². The summed E-state index contributed by atoms with van der Waals surface area (Å²) < 4.78 is 5.77. The van der Waals surface area contributed by atoms with E-state index < -0.39 is 0 Å². The molecule has 0 saturated carbocycles. The molecular weight excluding hydrogens is 184 g/mol. The van der Waals surface area contributed by atoms with Crippen molar-refractivity contribution in [3.63, 3.8) is 0 Å².